The Hall–Kier alpha value is -1.36. The molecule has 15 heavy (non-hydrogen) atoms. The van der Waals surface area contributed by atoms with Crippen molar-refractivity contribution in [2.45, 2.75) is 0 Å². The molecule has 0 aliphatic carbocycles. The topological polar surface area (TPSA) is 44.2 Å². The molecule has 0 atom stereocenters. The lowest BCUT2D eigenvalue weighted by Crippen LogP contribution is -1.95. The summed E-state index contributed by atoms with van der Waals surface area (Å²) in [6, 6.07) is 3.68. The van der Waals surface area contributed by atoms with Crippen LogP contribution in [0.5, 0.6) is 11.8 Å². The summed E-state index contributed by atoms with van der Waals surface area (Å²) < 4.78 is 11.2. The molecule has 2 rings (SSSR count). The van der Waals surface area contributed by atoms with E-state index >= 15 is 0 Å². The zero-order valence-electron chi connectivity index (χ0n) is 8.32. The van der Waals surface area contributed by atoms with Crippen LogP contribution in [-0.4, -0.2) is 24.2 Å². The Balaban J connectivity index is 2.80. The number of hydrogen-bond acceptors (Lipinski definition) is 4. The Morgan fingerprint density at radius 1 is 1.27 bits per heavy atom. The molecule has 2 aromatic rings. The molecule has 0 aromatic carbocycles. The van der Waals surface area contributed by atoms with E-state index in [-0.39, 0.29) is 0 Å². The summed E-state index contributed by atoms with van der Waals surface area (Å²) in [6.45, 7) is 0. The molecule has 0 radical (unpaired) electrons. The maximum absolute atomic E-state index is 5.15. The van der Waals surface area contributed by atoms with Crippen LogP contribution >= 0.6 is 15.9 Å². The number of halogens is 1. The summed E-state index contributed by atoms with van der Waals surface area (Å²) in [5, 5.41) is 0.918. The van der Waals surface area contributed by atoms with Crippen LogP contribution in [0.3, 0.4) is 0 Å². The molecule has 0 spiro atoms. The third kappa shape index (κ3) is 1.74. The van der Waals surface area contributed by atoms with Crippen molar-refractivity contribution in [3.63, 3.8) is 0 Å². The SMILES string of the molecule is COc1cc2c(Br)ccnc2c(OC)n1. The van der Waals surface area contributed by atoms with Crippen LogP contribution < -0.4 is 9.47 Å². The minimum Gasteiger partial charge on any atom is -0.481 e. The number of nitrogens with zero attached hydrogens (tertiary/aromatic N) is 2. The quantitative estimate of drug-likeness (QED) is 0.839. The molecule has 0 fully saturated rings. The predicted molar refractivity (Wildman–Crippen MR) is 60.3 cm³/mol. The van der Waals surface area contributed by atoms with Crippen molar-refractivity contribution in [1.29, 1.82) is 0 Å². The first kappa shape index (κ1) is 10.2. The molecule has 78 valence electrons. The second-order valence-electron chi connectivity index (χ2n) is 2.86. The first-order valence-corrected chi connectivity index (χ1v) is 5.09. The summed E-state index contributed by atoms with van der Waals surface area (Å²) in [4.78, 5) is 8.37. The van der Waals surface area contributed by atoms with Gasteiger partial charge in [-0.15, -0.1) is 0 Å². The van der Waals surface area contributed by atoms with Gasteiger partial charge in [0.15, 0.2) is 0 Å². The summed E-state index contributed by atoms with van der Waals surface area (Å²) in [6.07, 6.45) is 1.70. The zero-order chi connectivity index (χ0) is 10.8. The minimum absolute atomic E-state index is 0.464. The monoisotopic (exact) mass is 268 g/mol. The van der Waals surface area contributed by atoms with Gasteiger partial charge in [-0.05, 0) is 6.07 Å². The zero-order valence-corrected chi connectivity index (χ0v) is 9.91. The fraction of sp³-hybridized carbons (Fsp3) is 0.200. The molecular formula is C10H9BrN2O2. The highest BCUT2D eigenvalue weighted by molar-refractivity contribution is 9.10. The molecule has 0 saturated heterocycles. The minimum atomic E-state index is 0.464. The highest BCUT2D eigenvalue weighted by atomic mass is 79.9. The number of methoxy groups -OCH3 is 2. The highest BCUT2D eigenvalue weighted by Crippen LogP contribution is 2.30. The Bertz CT molecular complexity index is 502. The van der Waals surface area contributed by atoms with Gasteiger partial charge in [0.1, 0.15) is 5.52 Å². The van der Waals surface area contributed by atoms with Gasteiger partial charge in [0.2, 0.25) is 11.8 Å². The first-order chi connectivity index (χ1) is 7.26. The smallest absolute Gasteiger partial charge is 0.243 e. The third-order valence-corrected chi connectivity index (χ3v) is 2.71. The lowest BCUT2D eigenvalue weighted by molar-refractivity contribution is 0.368. The Morgan fingerprint density at radius 3 is 2.73 bits per heavy atom. The average molecular weight is 269 g/mol. The van der Waals surface area contributed by atoms with Gasteiger partial charge >= 0.3 is 0 Å². The Kier molecular flexibility index (Phi) is 2.73. The summed E-state index contributed by atoms with van der Waals surface area (Å²) in [7, 11) is 3.13. The number of aromatic nitrogens is 2. The standard InChI is InChI=1S/C10H9BrN2O2/c1-14-8-5-6-7(11)3-4-12-9(6)10(13-8)15-2/h3-5H,1-2H3. The van der Waals surface area contributed by atoms with Crippen LogP contribution in [0.25, 0.3) is 10.9 Å². The predicted octanol–water partition coefficient (Wildman–Crippen LogP) is 2.41. The van der Waals surface area contributed by atoms with E-state index in [4.69, 9.17) is 9.47 Å². The summed E-state index contributed by atoms with van der Waals surface area (Å²) in [5.41, 5.74) is 0.715. The van der Waals surface area contributed by atoms with Gasteiger partial charge in [0.05, 0.1) is 14.2 Å². The van der Waals surface area contributed by atoms with E-state index in [1.165, 1.54) is 0 Å². The van der Waals surface area contributed by atoms with E-state index in [1.807, 2.05) is 12.1 Å². The molecule has 0 bridgehead atoms. The van der Waals surface area contributed by atoms with Crippen molar-refractivity contribution < 1.29 is 9.47 Å². The van der Waals surface area contributed by atoms with E-state index < -0.39 is 0 Å². The van der Waals surface area contributed by atoms with Crippen LogP contribution in [-0.2, 0) is 0 Å². The molecule has 4 nitrogen and oxygen atoms in total. The maximum atomic E-state index is 5.15. The Labute approximate surface area is 95.4 Å². The molecule has 0 unspecified atom stereocenters. The van der Waals surface area contributed by atoms with Crippen molar-refractivity contribution in [2.75, 3.05) is 14.2 Å². The molecule has 0 N–H and O–H groups in total. The maximum Gasteiger partial charge on any atom is 0.243 e. The van der Waals surface area contributed by atoms with Crippen molar-refractivity contribution in [3.8, 4) is 11.8 Å². The molecular weight excluding hydrogens is 260 g/mol. The highest BCUT2D eigenvalue weighted by Gasteiger charge is 2.09. The molecule has 0 saturated carbocycles. The number of fused-ring (bicyclic) bond motifs is 1. The molecule has 0 amide bonds. The van der Waals surface area contributed by atoms with Crippen LogP contribution in [0.4, 0.5) is 0 Å². The van der Waals surface area contributed by atoms with E-state index in [2.05, 4.69) is 25.9 Å². The van der Waals surface area contributed by atoms with E-state index in [9.17, 15) is 0 Å². The molecule has 0 aliphatic rings. The van der Waals surface area contributed by atoms with Crippen LogP contribution in [0.1, 0.15) is 0 Å². The van der Waals surface area contributed by atoms with Crippen molar-refractivity contribution >= 4 is 26.8 Å². The second-order valence-corrected chi connectivity index (χ2v) is 3.72. The molecule has 2 heterocycles. The summed E-state index contributed by atoms with van der Waals surface area (Å²) >= 11 is 3.44. The van der Waals surface area contributed by atoms with Gasteiger partial charge in [-0.2, -0.15) is 4.98 Å². The van der Waals surface area contributed by atoms with E-state index in [1.54, 1.807) is 20.4 Å². The first-order valence-electron chi connectivity index (χ1n) is 4.29. The van der Waals surface area contributed by atoms with Crippen LogP contribution in [0.15, 0.2) is 22.8 Å². The van der Waals surface area contributed by atoms with Gasteiger partial charge < -0.3 is 9.47 Å². The van der Waals surface area contributed by atoms with Gasteiger partial charge in [-0.3, -0.25) is 4.98 Å². The number of rotatable bonds is 2. The number of hydrogen-bond donors (Lipinski definition) is 0. The fourth-order valence-corrected chi connectivity index (χ4v) is 1.73. The number of ether oxygens (including phenoxy) is 2. The molecule has 2 aromatic heterocycles. The normalized spacial score (nSPS) is 10.3. The van der Waals surface area contributed by atoms with Gasteiger partial charge in [-0.25, -0.2) is 0 Å². The molecule has 5 heteroatoms. The fourth-order valence-electron chi connectivity index (χ4n) is 1.31. The van der Waals surface area contributed by atoms with Crippen molar-refractivity contribution in [3.05, 3.63) is 22.8 Å². The summed E-state index contributed by atoms with van der Waals surface area (Å²) in [5.74, 6) is 0.971. The molecule has 0 aliphatic heterocycles. The Morgan fingerprint density at radius 2 is 2.07 bits per heavy atom. The lowest BCUT2D eigenvalue weighted by Gasteiger charge is -2.07. The van der Waals surface area contributed by atoms with Gasteiger partial charge in [0, 0.05) is 22.1 Å². The van der Waals surface area contributed by atoms with Crippen molar-refractivity contribution in [1.82, 2.24) is 9.97 Å². The van der Waals surface area contributed by atoms with Crippen LogP contribution in [0.2, 0.25) is 0 Å². The van der Waals surface area contributed by atoms with Crippen molar-refractivity contribution in [2.24, 2.45) is 0 Å². The average Bonchev–Trinajstić information content (AvgIpc) is 2.28. The third-order valence-electron chi connectivity index (χ3n) is 2.02. The lowest BCUT2D eigenvalue weighted by atomic mass is 10.2. The van der Waals surface area contributed by atoms with Crippen LogP contribution in [0, 0.1) is 0 Å². The van der Waals surface area contributed by atoms with E-state index in [0.29, 0.717) is 17.3 Å². The largest absolute Gasteiger partial charge is 0.481 e. The van der Waals surface area contributed by atoms with Gasteiger partial charge in [0.25, 0.3) is 0 Å². The van der Waals surface area contributed by atoms with Gasteiger partial charge in [-0.1, -0.05) is 15.9 Å². The second kappa shape index (κ2) is 4.02. The number of pyridine rings is 2. The van der Waals surface area contributed by atoms with E-state index in [0.717, 1.165) is 9.86 Å².